The normalized spacial score (nSPS) is 18.3. The molecule has 35 heavy (non-hydrogen) atoms. The van der Waals surface area contributed by atoms with Gasteiger partial charge in [-0.15, -0.1) is 0 Å². The highest BCUT2D eigenvalue weighted by Gasteiger charge is 2.31. The van der Waals surface area contributed by atoms with E-state index in [2.05, 4.69) is 40.2 Å². The summed E-state index contributed by atoms with van der Waals surface area (Å²) in [6, 6.07) is 18.6. The van der Waals surface area contributed by atoms with E-state index in [-0.39, 0.29) is 30.1 Å². The SMILES string of the molecule is O=C(CNC(=O)c1cccc(C(F)(F)F)c1)NC1CCCCC1NCc1cccc2ccccc12. The third-order valence-corrected chi connectivity index (χ3v) is 6.41. The van der Waals surface area contributed by atoms with Gasteiger partial charge in [-0.25, -0.2) is 0 Å². The molecule has 1 aliphatic carbocycles. The molecule has 0 radical (unpaired) electrons. The van der Waals surface area contributed by atoms with E-state index in [1.54, 1.807) is 0 Å². The first-order valence-electron chi connectivity index (χ1n) is 11.8. The van der Waals surface area contributed by atoms with Crippen molar-refractivity contribution in [3.05, 3.63) is 83.4 Å². The maximum Gasteiger partial charge on any atom is 0.416 e. The van der Waals surface area contributed by atoms with Gasteiger partial charge in [0.15, 0.2) is 0 Å². The number of rotatable bonds is 7. The minimum atomic E-state index is -4.54. The zero-order valence-corrected chi connectivity index (χ0v) is 19.2. The Balaban J connectivity index is 1.32. The number of carbonyl (C=O) groups excluding carboxylic acids is 2. The molecule has 2 unspecified atom stereocenters. The highest BCUT2D eigenvalue weighted by molar-refractivity contribution is 5.96. The van der Waals surface area contributed by atoms with Crippen LogP contribution >= 0.6 is 0 Å². The lowest BCUT2D eigenvalue weighted by Gasteiger charge is -2.33. The summed E-state index contributed by atoms with van der Waals surface area (Å²) in [5.74, 6) is -1.09. The van der Waals surface area contributed by atoms with E-state index in [0.29, 0.717) is 6.54 Å². The van der Waals surface area contributed by atoms with Crippen LogP contribution in [0, 0.1) is 0 Å². The van der Waals surface area contributed by atoms with Gasteiger partial charge in [0.1, 0.15) is 0 Å². The molecule has 0 saturated heterocycles. The van der Waals surface area contributed by atoms with Gasteiger partial charge in [-0.3, -0.25) is 9.59 Å². The molecule has 0 aliphatic heterocycles. The molecule has 3 aromatic carbocycles. The highest BCUT2D eigenvalue weighted by atomic mass is 19.4. The number of fused-ring (bicyclic) bond motifs is 1. The minimum Gasteiger partial charge on any atom is -0.350 e. The summed E-state index contributed by atoms with van der Waals surface area (Å²) >= 11 is 0. The van der Waals surface area contributed by atoms with Crippen molar-refractivity contribution in [2.24, 2.45) is 0 Å². The second kappa shape index (κ2) is 10.9. The predicted molar refractivity (Wildman–Crippen MR) is 129 cm³/mol. The molecule has 0 bridgehead atoms. The van der Waals surface area contributed by atoms with Crippen molar-refractivity contribution in [2.45, 2.75) is 50.5 Å². The Hall–Kier alpha value is -3.39. The summed E-state index contributed by atoms with van der Waals surface area (Å²) in [6.45, 7) is 0.367. The van der Waals surface area contributed by atoms with Gasteiger partial charge in [-0.1, -0.05) is 61.4 Å². The number of hydrogen-bond acceptors (Lipinski definition) is 3. The third-order valence-electron chi connectivity index (χ3n) is 6.41. The summed E-state index contributed by atoms with van der Waals surface area (Å²) in [5, 5.41) is 11.4. The summed E-state index contributed by atoms with van der Waals surface area (Å²) in [5.41, 5.74) is 0.143. The molecule has 3 aromatic rings. The zero-order valence-electron chi connectivity index (χ0n) is 19.2. The van der Waals surface area contributed by atoms with Gasteiger partial charge in [0.25, 0.3) is 5.91 Å². The standard InChI is InChI=1S/C27H28F3N3O2/c28-27(29,30)21-11-6-9-19(15-21)26(35)32-17-25(34)33-24-14-4-3-13-23(24)31-16-20-10-5-8-18-7-1-2-12-22(18)20/h1-2,5-12,15,23-24,31H,3-4,13-14,16-17H2,(H,32,35)(H,33,34). The Labute approximate surface area is 202 Å². The van der Waals surface area contributed by atoms with Crippen LogP contribution in [0.4, 0.5) is 13.2 Å². The summed E-state index contributed by atoms with van der Waals surface area (Å²) in [6.07, 6.45) is -0.741. The minimum absolute atomic E-state index is 0.0864. The van der Waals surface area contributed by atoms with E-state index in [9.17, 15) is 22.8 Å². The number of nitrogens with one attached hydrogen (secondary N) is 3. The van der Waals surface area contributed by atoms with Gasteiger partial charge >= 0.3 is 6.18 Å². The van der Waals surface area contributed by atoms with Crippen LogP contribution in [0.1, 0.15) is 47.2 Å². The van der Waals surface area contributed by atoms with Crippen LogP contribution in [-0.4, -0.2) is 30.4 Å². The topological polar surface area (TPSA) is 70.2 Å². The second-order valence-electron chi connectivity index (χ2n) is 8.85. The molecule has 0 spiro atoms. The number of alkyl halides is 3. The monoisotopic (exact) mass is 483 g/mol. The lowest BCUT2D eigenvalue weighted by molar-refractivity contribution is -0.137. The molecule has 0 aromatic heterocycles. The van der Waals surface area contributed by atoms with E-state index in [0.717, 1.165) is 37.8 Å². The maximum atomic E-state index is 12.9. The van der Waals surface area contributed by atoms with Crippen molar-refractivity contribution in [1.29, 1.82) is 0 Å². The van der Waals surface area contributed by atoms with Crippen molar-refractivity contribution in [2.75, 3.05) is 6.54 Å². The van der Waals surface area contributed by atoms with Gasteiger partial charge in [-0.05, 0) is 47.4 Å². The molecule has 2 atom stereocenters. The quantitative estimate of drug-likeness (QED) is 0.452. The van der Waals surface area contributed by atoms with E-state index in [4.69, 9.17) is 0 Å². The third kappa shape index (κ3) is 6.39. The summed E-state index contributed by atoms with van der Waals surface area (Å²) in [4.78, 5) is 24.8. The molecule has 8 heteroatoms. The van der Waals surface area contributed by atoms with Crippen molar-refractivity contribution >= 4 is 22.6 Å². The Bertz CT molecular complexity index is 1190. The first-order valence-corrected chi connectivity index (χ1v) is 11.8. The molecule has 1 aliphatic rings. The first-order chi connectivity index (χ1) is 16.8. The zero-order chi connectivity index (χ0) is 24.8. The predicted octanol–water partition coefficient (Wildman–Crippen LogP) is 4.81. The molecule has 0 heterocycles. The fourth-order valence-electron chi connectivity index (χ4n) is 4.59. The van der Waals surface area contributed by atoms with E-state index in [1.165, 1.54) is 28.5 Å². The van der Waals surface area contributed by atoms with Gasteiger partial charge in [0.05, 0.1) is 12.1 Å². The molecule has 4 rings (SSSR count). The molecule has 2 amide bonds. The fraction of sp³-hybridized carbons (Fsp3) is 0.333. The molecule has 3 N–H and O–H groups in total. The van der Waals surface area contributed by atoms with Crippen LogP contribution in [-0.2, 0) is 17.5 Å². The largest absolute Gasteiger partial charge is 0.416 e. The average molecular weight is 484 g/mol. The van der Waals surface area contributed by atoms with E-state index < -0.39 is 17.6 Å². The molecular formula is C27H28F3N3O2. The van der Waals surface area contributed by atoms with Crippen molar-refractivity contribution in [1.82, 2.24) is 16.0 Å². The van der Waals surface area contributed by atoms with Crippen molar-refractivity contribution in [3.63, 3.8) is 0 Å². The number of halogens is 3. The van der Waals surface area contributed by atoms with Crippen LogP contribution in [0.2, 0.25) is 0 Å². The second-order valence-corrected chi connectivity index (χ2v) is 8.85. The Morgan fingerprint density at radius 3 is 2.40 bits per heavy atom. The Morgan fingerprint density at radius 1 is 0.886 bits per heavy atom. The van der Waals surface area contributed by atoms with Crippen LogP contribution in [0.25, 0.3) is 10.8 Å². The first kappa shape index (κ1) is 24.7. The van der Waals surface area contributed by atoms with Gasteiger partial charge in [0, 0.05) is 24.2 Å². The summed E-state index contributed by atoms with van der Waals surface area (Å²) < 4.78 is 38.7. The fourth-order valence-corrected chi connectivity index (χ4v) is 4.59. The molecule has 1 fully saturated rings. The Kier molecular flexibility index (Phi) is 7.70. The van der Waals surface area contributed by atoms with Crippen molar-refractivity contribution in [3.8, 4) is 0 Å². The number of benzene rings is 3. The number of amides is 2. The molecular weight excluding hydrogens is 455 g/mol. The lowest BCUT2D eigenvalue weighted by atomic mass is 9.90. The van der Waals surface area contributed by atoms with Crippen molar-refractivity contribution < 1.29 is 22.8 Å². The van der Waals surface area contributed by atoms with Gasteiger partial charge in [-0.2, -0.15) is 13.2 Å². The van der Waals surface area contributed by atoms with Crippen LogP contribution in [0.15, 0.2) is 66.7 Å². The van der Waals surface area contributed by atoms with Crippen LogP contribution in [0.3, 0.4) is 0 Å². The van der Waals surface area contributed by atoms with Crippen LogP contribution in [0.5, 0.6) is 0 Å². The number of hydrogen-bond donors (Lipinski definition) is 3. The molecule has 5 nitrogen and oxygen atoms in total. The smallest absolute Gasteiger partial charge is 0.350 e. The highest BCUT2D eigenvalue weighted by Crippen LogP contribution is 2.29. The molecule has 1 saturated carbocycles. The van der Waals surface area contributed by atoms with E-state index in [1.807, 2.05) is 18.2 Å². The van der Waals surface area contributed by atoms with Gasteiger partial charge in [0.2, 0.25) is 5.91 Å². The van der Waals surface area contributed by atoms with Crippen LogP contribution < -0.4 is 16.0 Å². The Morgan fingerprint density at radius 2 is 1.60 bits per heavy atom. The lowest BCUT2D eigenvalue weighted by Crippen LogP contribution is -2.53. The summed E-state index contributed by atoms with van der Waals surface area (Å²) in [7, 11) is 0. The number of carbonyl (C=O) groups is 2. The van der Waals surface area contributed by atoms with Gasteiger partial charge < -0.3 is 16.0 Å². The van der Waals surface area contributed by atoms with E-state index >= 15 is 0 Å². The maximum absolute atomic E-state index is 12.9. The molecule has 184 valence electrons. The average Bonchev–Trinajstić information content (AvgIpc) is 2.86.